The van der Waals surface area contributed by atoms with E-state index in [-0.39, 0.29) is 11.8 Å². The first-order chi connectivity index (χ1) is 44.0. The van der Waals surface area contributed by atoms with Gasteiger partial charge in [0.05, 0.1) is 12.0 Å². The van der Waals surface area contributed by atoms with Crippen LogP contribution in [-0.2, 0) is 5.41 Å². The molecule has 418 valence electrons. The van der Waals surface area contributed by atoms with Crippen LogP contribution in [0, 0.1) is 17.9 Å². The van der Waals surface area contributed by atoms with Crippen molar-refractivity contribution in [2.24, 2.45) is 0 Å². The van der Waals surface area contributed by atoms with E-state index < -0.39 is 5.41 Å². The molecule has 0 spiro atoms. The predicted octanol–water partition coefficient (Wildman–Crippen LogP) is 21.1. The van der Waals surface area contributed by atoms with Gasteiger partial charge < -0.3 is 18.6 Å². The maximum absolute atomic E-state index is 10.4. The van der Waals surface area contributed by atoms with E-state index in [0.717, 1.165) is 78.6 Å². The Kier molecular flexibility index (Phi) is 13.7. The molecular weight excluding hydrogens is 1090 g/mol. The average Bonchev–Trinajstić information content (AvgIpc) is 1.58. The van der Waals surface area contributed by atoms with Crippen molar-refractivity contribution in [3.63, 3.8) is 0 Å². The summed E-state index contributed by atoms with van der Waals surface area (Å²) in [5.74, 6) is 0.561. The molecule has 1 aliphatic rings. The Morgan fingerprint density at radius 2 is 0.764 bits per heavy atom. The second kappa shape index (κ2) is 22.9. The molecular formula is C81H52N6O2. The summed E-state index contributed by atoms with van der Waals surface area (Å²) in [7, 11) is 0. The van der Waals surface area contributed by atoms with E-state index in [9.17, 15) is 5.26 Å². The summed E-state index contributed by atoms with van der Waals surface area (Å²) in [4.78, 5) is 17.9. The quantitative estimate of drug-likeness (QED) is 0.0792. The smallest absolute Gasteiger partial charge is 0.248 e. The number of nitriles is 1. The van der Waals surface area contributed by atoms with Crippen molar-refractivity contribution in [2.75, 3.05) is 9.80 Å². The fourth-order valence-corrected chi connectivity index (χ4v) is 12.5. The van der Waals surface area contributed by atoms with Crippen LogP contribution in [0.1, 0.15) is 45.2 Å². The highest BCUT2D eigenvalue weighted by Crippen LogP contribution is 2.57. The van der Waals surface area contributed by atoms with E-state index >= 15 is 0 Å². The summed E-state index contributed by atoms with van der Waals surface area (Å²) in [6.45, 7) is 8.16. The Morgan fingerprint density at radius 3 is 1.20 bits per heavy atom. The van der Waals surface area contributed by atoms with Gasteiger partial charge in [0, 0.05) is 34.1 Å². The lowest BCUT2D eigenvalue weighted by Crippen LogP contribution is -2.28. The predicted molar refractivity (Wildman–Crippen MR) is 360 cm³/mol. The van der Waals surface area contributed by atoms with Gasteiger partial charge in [0.2, 0.25) is 17.5 Å². The minimum absolute atomic E-state index is 0.277. The van der Waals surface area contributed by atoms with Crippen LogP contribution in [0.5, 0.6) is 0 Å². The number of aromatic nitrogens is 2. The normalized spacial score (nSPS) is 12.5. The third-order valence-electron chi connectivity index (χ3n) is 16.7. The number of fused-ring (bicyclic) bond motifs is 5. The maximum atomic E-state index is 10.4. The van der Waals surface area contributed by atoms with Crippen LogP contribution in [0.2, 0.25) is 0 Å². The molecule has 1 aliphatic carbocycles. The second-order valence-electron chi connectivity index (χ2n) is 21.9. The van der Waals surface area contributed by atoms with Gasteiger partial charge in [-0.2, -0.15) is 5.26 Å². The molecule has 8 nitrogen and oxygen atoms in total. The van der Waals surface area contributed by atoms with E-state index in [1.165, 1.54) is 22.3 Å². The van der Waals surface area contributed by atoms with Crippen LogP contribution >= 0.6 is 0 Å². The number of oxazole rings is 2. The van der Waals surface area contributed by atoms with Crippen LogP contribution in [0.4, 0.5) is 34.1 Å². The van der Waals surface area contributed by atoms with Crippen LogP contribution < -0.4 is 9.80 Å². The summed E-state index contributed by atoms with van der Waals surface area (Å²) in [6, 6.07) is 107. The van der Waals surface area contributed by atoms with Crippen molar-refractivity contribution in [1.82, 2.24) is 9.97 Å². The Labute approximate surface area is 515 Å². The first-order valence-electron chi connectivity index (χ1n) is 29.4. The van der Waals surface area contributed by atoms with Gasteiger partial charge >= 0.3 is 0 Å². The molecule has 89 heavy (non-hydrogen) atoms. The molecule has 14 aromatic rings. The van der Waals surface area contributed by atoms with Gasteiger partial charge in [-0.15, -0.1) is 0 Å². The highest BCUT2D eigenvalue weighted by Gasteiger charge is 2.46. The Bertz CT molecular complexity index is 4740. The summed E-state index contributed by atoms with van der Waals surface area (Å²) < 4.78 is 12.3. The molecule has 0 N–H and O–H groups in total. The molecule has 0 aliphatic heterocycles. The molecule has 15 rings (SSSR count). The highest BCUT2D eigenvalue weighted by atomic mass is 16.4. The molecule has 0 saturated heterocycles. The largest absolute Gasteiger partial charge is 0.447 e. The molecule has 0 fully saturated rings. The van der Waals surface area contributed by atoms with Gasteiger partial charge in [0.15, 0.2) is 11.2 Å². The average molecular weight is 1140 g/mol. The van der Waals surface area contributed by atoms with Gasteiger partial charge in [0.25, 0.3) is 0 Å². The van der Waals surface area contributed by atoms with E-state index in [4.69, 9.17) is 25.4 Å². The number of hydrogen-bond acceptors (Lipinski definition) is 7. The Balaban J connectivity index is 0.756. The minimum atomic E-state index is -0.668. The molecule has 8 heteroatoms. The van der Waals surface area contributed by atoms with Crippen LogP contribution in [-0.4, -0.2) is 9.97 Å². The van der Waals surface area contributed by atoms with E-state index in [2.05, 4.69) is 215 Å². The number of allylic oxidation sites excluding steroid dienone is 1. The summed E-state index contributed by atoms with van der Waals surface area (Å²) >= 11 is 0. The Morgan fingerprint density at radius 1 is 0.393 bits per heavy atom. The number of anilines is 6. The summed E-state index contributed by atoms with van der Waals surface area (Å²) in [6.07, 6.45) is 3.65. The number of rotatable bonds is 14. The van der Waals surface area contributed by atoms with Crippen LogP contribution in [0.25, 0.3) is 83.8 Å². The molecule has 0 atom stereocenters. The number of para-hydroxylation sites is 2. The standard InChI is InChI=1S/C81H52N6O2/c1-83-76(80-85-75-53-60(35-49-78(75)89-80)58-20-8-3-9-21-58)51-56-32-42-67(43-33-56)87(65-24-12-5-13-25-65)69-46-38-63(39-47-69)81(72-28-16-14-26-70(72)71-27-15-17-29-73(71)81)62-36-44-68(45-37-62)86(64-22-10-4-11-23-64)66-40-30-55(31-41-66)50-61(54-82)79-84-74-52-59(34-48-77(74)88-79)57-18-6-2-7-19-57/h2-53H. The first-order valence-corrected chi connectivity index (χ1v) is 29.4. The van der Waals surface area contributed by atoms with Crippen molar-refractivity contribution in [2.45, 2.75) is 5.41 Å². The number of nitrogens with zero attached hydrogens (tertiary/aromatic N) is 6. The maximum Gasteiger partial charge on any atom is 0.248 e. The molecule has 12 aromatic carbocycles. The number of benzene rings is 12. The van der Waals surface area contributed by atoms with Crippen molar-refractivity contribution in [3.8, 4) is 39.4 Å². The molecule has 0 saturated carbocycles. The van der Waals surface area contributed by atoms with Crippen LogP contribution in [0.3, 0.4) is 0 Å². The monoisotopic (exact) mass is 1140 g/mol. The van der Waals surface area contributed by atoms with Gasteiger partial charge in [-0.05, 0) is 176 Å². The third-order valence-corrected chi connectivity index (χ3v) is 16.7. The second-order valence-corrected chi connectivity index (χ2v) is 21.9. The lowest BCUT2D eigenvalue weighted by atomic mass is 9.67. The van der Waals surface area contributed by atoms with Gasteiger partial charge in [-0.25, -0.2) is 14.8 Å². The summed E-state index contributed by atoms with van der Waals surface area (Å²) in [5, 5.41) is 10.4. The fraction of sp³-hybridized carbons (Fsp3) is 0.0123. The van der Waals surface area contributed by atoms with Gasteiger partial charge in [-0.1, -0.05) is 206 Å². The van der Waals surface area contributed by atoms with Gasteiger partial charge in [0.1, 0.15) is 22.7 Å². The molecule has 2 heterocycles. The topological polar surface area (TPSA) is 86.7 Å². The fourth-order valence-electron chi connectivity index (χ4n) is 12.5. The zero-order chi connectivity index (χ0) is 59.7. The highest BCUT2D eigenvalue weighted by molar-refractivity contribution is 5.92. The van der Waals surface area contributed by atoms with Crippen LogP contribution in [0.15, 0.2) is 312 Å². The molecule has 0 unspecified atom stereocenters. The van der Waals surface area contributed by atoms with Crippen molar-refractivity contribution in [1.29, 1.82) is 5.26 Å². The zero-order valence-corrected chi connectivity index (χ0v) is 48.0. The Hall–Kier alpha value is -12.4. The van der Waals surface area contributed by atoms with Crippen molar-refractivity contribution in [3.05, 3.63) is 360 Å². The number of hydrogen-bond donors (Lipinski definition) is 0. The van der Waals surface area contributed by atoms with Crippen molar-refractivity contribution < 1.29 is 8.83 Å². The third kappa shape index (κ3) is 9.89. The first kappa shape index (κ1) is 53.4. The molecule has 2 aromatic heterocycles. The van der Waals surface area contributed by atoms with Gasteiger partial charge in [-0.3, -0.25) is 0 Å². The SMILES string of the molecule is [C-]#[N+]C(=Cc1ccc(N(c2ccccc2)c2ccc(C3(c4ccc(N(c5ccccc5)c5ccc(C=C(C#N)c6nc7cc(-c8ccccc8)ccc7o6)cc5)cc4)c4ccccc4-c4ccccc43)cc2)cc1)c1nc2cc(-c3ccccc3)ccc2o1. The summed E-state index contributed by atoms with van der Waals surface area (Å²) in [5.41, 5.74) is 21.6. The zero-order valence-electron chi connectivity index (χ0n) is 48.0. The lowest BCUT2D eigenvalue weighted by molar-refractivity contribution is 0.586. The lowest BCUT2D eigenvalue weighted by Gasteiger charge is -2.35. The van der Waals surface area contributed by atoms with E-state index in [0.29, 0.717) is 33.5 Å². The van der Waals surface area contributed by atoms with E-state index in [1.807, 2.05) is 121 Å². The minimum Gasteiger partial charge on any atom is -0.447 e. The molecule has 0 bridgehead atoms. The molecule has 0 amide bonds. The molecule has 0 radical (unpaired) electrons. The van der Waals surface area contributed by atoms with Crippen molar-refractivity contribution >= 4 is 79.7 Å². The van der Waals surface area contributed by atoms with E-state index in [1.54, 1.807) is 0 Å².